The van der Waals surface area contributed by atoms with E-state index in [1.807, 2.05) is 60.7 Å². The van der Waals surface area contributed by atoms with Gasteiger partial charge in [0.05, 0.1) is 17.1 Å². The first-order valence-electron chi connectivity index (χ1n) is 9.54. The Morgan fingerprint density at radius 2 is 1.52 bits per heavy atom. The van der Waals surface area contributed by atoms with Crippen molar-refractivity contribution in [3.63, 3.8) is 0 Å². The third kappa shape index (κ3) is 3.82. The van der Waals surface area contributed by atoms with Crippen LogP contribution in [-0.2, 0) is 0 Å². The van der Waals surface area contributed by atoms with Crippen LogP contribution in [-0.4, -0.2) is 36.0 Å². The summed E-state index contributed by atoms with van der Waals surface area (Å²) in [5, 5.41) is 15.7. The second kappa shape index (κ2) is 8.03. The van der Waals surface area contributed by atoms with Gasteiger partial charge in [0.2, 0.25) is 0 Å². The lowest BCUT2D eigenvalue weighted by Crippen LogP contribution is -2.14. The molecular weight excluding hydrogens is 392 g/mol. The van der Waals surface area contributed by atoms with Crippen molar-refractivity contribution >= 4 is 5.97 Å². The predicted molar refractivity (Wildman–Crippen MR) is 113 cm³/mol. The van der Waals surface area contributed by atoms with E-state index in [4.69, 9.17) is 4.74 Å². The van der Waals surface area contributed by atoms with Crippen molar-refractivity contribution in [3.05, 3.63) is 103 Å². The minimum atomic E-state index is -0.506. The van der Waals surface area contributed by atoms with E-state index in [1.165, 1.54) is 11.0 Å². The Bertz CT molecular complexity index is 1300. The topological polar surface area (TPSA) is 87.7 Å². The lowest BCUT2D eigenvalue weighted by molar-refractivity contribution is 0.0725. The van der Waals surface area contributed by atoms with Gasteiger partial charge < -0.3 is 4.74 Å². The zero-order valence-electron chi connectivity index (χ0n) is 16.2. The Kier molecular flexibility index (Phi) is 4.78. The van der Waals surface area contributed by atoms with Gasteiger partial charge in [-0.25, -0.2) is 14.2 Å². The molecule has 8 nitrogen and oxygen atoms in total. The van der Waals surface area contributed by atoms with Gasteiger partial charge in [0, 0.05) is 5.56 Å². The Morgan fingerprint density at radius 3 is 2.19 bits per heavy atom. The number of hydrogen-bond acceptors (Lipinski definition) is 6. The highest BCUT2D eigenvalue weighted by Gasteiger charge is 2.19. The zero-order valence-corrected chi connectivity index (χ0v) is 16.2. The maximum absolute atomic E-state index is 13.0. The molecule has 0 saturated heterocycles. The second-order valence-corrected chi connectivity index (χ2v) is 6.67. The lowest BCUT2D eigenvalue weighted by atomic mass is 10.1. The molecule has 0 spiro atoms. The third-order valence-electron chi connectivity index (χ3n) is 4.65. The predicted octanol–water partition coefficient (Wildman–Crippen LogP) is 3.73. The molecule has 0 bridgehead atoms. The van der Waals surface area contributed by atoms with Crippen molar-refractivity contribution < 1.29 is 9.53 Å². The van der Waals surface area contributed by atoms with E-state index < -0.39 is 5.97 Å². The van der Waals surface area contributed by atoms with Gasteiger partial charge >= 0.3 is 5.97 Å². The van der Waals surface area contributed by atoms with Gasteiger partial charge in [-0.05, 0) is 52.9 Å². The van der Waals surface area contributed by atoms with Crippen LogP contribution in [0.1, 0.15) is 10.5 Å². The van der Waals surface area contributed by atoms with Crippen LogP contribution in [0, 0.1) is 0 Å². The molecule has 0 N–H and O–H groups in total. The third-order valence-corrected chi connectivity index (χ3v) is 4.65. The lowest BCUT2D eigenvalue weighted by Gasteiger charge is -2.08. The molecule has 0 fully saturated rings. The summed E-state index contributed by atoms with van der Waals surface area (Å²) in [6.07, 6.45) is 1.49. The summed E-state index contributed by atoms with van der Waals surface area (Å²) >= 11 is 0. The number of hydrogen-bond donors (Lipinski definition) is 0. The van der Waals surface area contributed by atoms with Crippen LogP contribution < -0.4 is 4.74 Å². The van der Waals surface area contributed by atoms with Gasteiger partial charge in [-0.2, -0.15) is 5.10 Å². The minimum Gasteiger partial charge on any atom is -0.422 e. The normalized spacial score (nSPS) is 10.7. The molecule has 0 amide bonds. The fourth-order valence-electron chi connectivity index (χ4n) is 3.15. The quantitative estimate of drug-likeness (QED) is 0.325. The van der Waals surface area contributed by atoms with E-state index in [0.29, 0.717) is 17.1 Å². The van der Waals surface area contributed by atoms with Gasteiger partial charge in [0.15, 0.2) is 5.69 Å². The van der Waals surface area contributed by atoms with Crippen LogP contribution in [0.15, 0.2) is 97.3 Å². The number of carbonyl (C=O) groups is 1. The maximum Gasteiger partial charge on any atom is 0.362 e. The molecule has 0 radical (unpaired) electrons. The van der Waals surface area contributed by atoms with E-state index in [0.717, 1.165) is 16.9 Å². The molecule has 0 atom stereocenters. The van der Waals surface area contributed by atoms with Crippen LogP contribution in [0.25, 0.3) is 22.6 Å². The number of tetrazole rings is 1. The average molecular weight is 408 g/mol. The van der Waals surface area contributed by atoms with Crippen LogP contribution in [0.5, 0.6) is 5.75 Å². The van der Waals surface area contributed by atoms with Gasteiger partial charge in [-0.1, -0.05) is 48.5 Å². The van der Waals surface area contributed by atoms with Gasteiger partial charge in [0.1, 0.15) is 12.1 Å². The van der Waals surface area contributed by atoms with E-state index in [9.17, 15) is 4.79 Å². The van der Waals surface area contributed by atoms with Crippen LogP contribution in [0.4, 0.5) is 0 Å². The SMILES string of the molecule is O=C(Oc1ccc(-n2cnnn2)cc1)c1cc(-c2ccccc2)nn1-c1ccccc1. The van der Waals surface area contributed by atoms with E-state index in [1.54, 1.807) is 35.0 Å². The fourth-order valence-corrected chi connectivity index (χ4v) is 3.15. The first-order chi connectivity index (χ1) is 15.3. The van der Waals surface area contributed by atoms with Crippen LogP contribution in [0.3, 0.4) is 0 Å². The molecule has 0 saturated carbocycles. The Balaban J connectivity index is 1.47. The van der Waals surface area contributed by atoms with Gasteiger partial charge in [0.25, 0.3) is 0 Å². The highest BCUT2D eigenvalue weighted by Crippen LogP contribution is 2.23. The highest BCUT2D eigenvalue weighted by molar-refractivity contribution is 5.91. The van der Waals surface area contributed by atoms with Gasteiger partial charge in [-0.3, -0.25) is 0 Å². The molecule has 0 aliphatic rings. The van der Waals surface area contributed by atoms with Crippen molar-refractivity contribution in [1.82, 2.24) is 30.0 Å². The molecule has 5 rings (SSSR count). The van der Waals surface area contributed by atoms with Crippen molar-refractivity contribution in [2.75, 3.05) is 0 Å². The molecule has 3 aromatic carbocycles. The van der Waals surface area contributed by atoms with Crippen molar-refractivity contribution in [3.8, 4) is 28.4 Å². The first kappa shape index (κ1) is 18.4. The summed E-state index contributed by atoms with van der Waals surface area (Å²) in [6, 6.07) is 27.8. The van der Waals surface area contributed by atoms with Crippen LogP contribution in [0.2, 0.25) is 0 Å². The maximum atomic E-state index is 13.0. The first-order valence-corrected chi connectivity index (χ1v) is 9.54. The largest absolute Gasteiger partial charge is 0.422 e. The molecule has 0 unspecified atom stereocenters. The number of ether oxygens (including phenoxy) is 1. The molecule has 5 aromatic rings. The smallest absolute Gasteiger partial charge is 0.362 e. The zero-order chi connectivity index (χ0) is 21.0. The van der Waals surface area contributed by atoms with E-state index >= 15 is 0 Å². The minimum absolute atomic E-state index is 0.328. The van der Waals surface area contributed by atoms with E-state index in [-0.39, 0.29) is 0 Å². The Labute approximate surface area is 177 Å². The number of aromatic nitrogens is 6. The number of nitrogens with zero attached hydrogens (tertiary/aromatic N) is 6. The van der Waals surface area contributed by atoms with Gasteiger partial charge in [-0.15, -0.1) is 5.10 Å². The summed E-state index contributed by atoms with van der Waals surface area (Å²) in [6.45, 7) is 0. The van der Waals surface area contributed by atoms with E-state index in [2.05, 4.69) is 20.6 Å². The molecule has 150 valence electrons. The number of esters is 1. The monoisotopic (exact) mass is 408 g/mol. The summed E-state index contributed by atoms with van der Waals surface area (Å²) in [4.78, 5) is 13.0. The van der Waals surface area contributed by atoms with Crippen molar-refractivity contribution in [2.45, 2.75) is 0 Å². The summed E-state index contributed by atoms with van der Waals surface area (Å²) in [7, 11) is 0. The summed E-state index contributed by atoms with van der Waals surface area (Å²) in [5.74, 6) is -0.0994. The standard InChI is InChI=1S/C23H16N6O2/c30-23(31-20-13-11-18(12-14-20)28-16-24-26-27-28)22-15-21(17-7-3-1-4-8-17)25-29(22)19-9-5-2-6-10-19/h1-16H. The highest BCUT2D eigenvalue weighted by atomic mass is 16.5. The molecule has 8 heteroatoms. The molecule has 2 heterocycles. The van der Waals surface area contributed by atoms with Crippen LogP contribution >= 0.6 is 0 Å². The fraction of sp³-hybridized carbons (Fsp3) is 0. The summed E-state index contributed by atoms with van der Waals surface area (Å²) in [5.41, 5.74) is 3.45. The Morgan fingerprint density at radius 1 is 0.806 bits per heavy atom. The number of carbonyl (C=O) groups excluding carboxylic acids is 1. The van der Waals surface area contributed by atoms with Crippen molar-refractivity contribution in [1.29, 1.82) is 0 Å². The molecule has 0 aliphatic heterocycles. The Hall–Kier alpha value is -4.59. The molecular formula is C23H16N6O2. The number of benzene rings is 3. The number of para-hydroxylation sites is 1. The molecule has 31 heavy (non-hydrogen) atoms. The summed E-state index contributed by atoms with van der Waals surface area (Å²) < 4.78 is 8.74. The number of rotatable bonds is 5. The molecule has 0 aliphatic carbocycles. The van der Waals surface area contributed by atoms with Crippen molar-refractivity contribution in [2.24, 2.45) is 0 Å². The molecule has 2 aromatic heterocycles. The average Bonchev–Trinajstić information content (AvgIpc) is 3.52. The second-order valence-electron chi connectivity index (χ2n) is 6.67.